The summed E-state index contributed by atoms with van der Waals surface area (Å²) in [6, 6.07) is 0. The molecule has 0 saturated carbocycles. The summed E-state index contributed by atoms with van der Waals surface area (Å²) in [5.74, 6) is -26.0. The molecule has 0 aliphatic rings. The summed E-state index contributed by atoms with van der Waals surface area (Å²) in [5.41, 5.74) is -4.64. The van der Waals surface area contributed by atoms with E-state index in [1.54, 1.807) is 0 Å². The molecule has 2 aromatic rings. The van der Waals surface area contributed by atoms with Gasteiger partial charge < -0.3 is 4.74 Å². The minimum absolute atomic E-state index is 1.87. The third-order valence-electron chi connectivity index (χ3n) is 2.97. The molecule has 0 N–H and O–H groups in total. The van der Waals surface area contributed by atoms with Gasteiger partial charge in [-0.15, -0.1) is 0 Å². The summed E-state index contributed by atoms with van der Waals surface area (Å²) in [6.45, 7) is 0. The second-order valence-electron chi connectivity index (χ2n) is 4.48. The summed E-state index contributed by atoms with van der Waals surface area (Å²) < 4.78 is 112. The Labute approximate surface area is 140 Å². The van der Waals surface area contributed by atoms with Gasteiger partial charge >= 0.3 is 11.4 Å². The zero-order valence-corrected chi connectivity index (χ0v) is 12.0. The zero-order valence-electron chi connectivity index (χ0n) is 12.0. The number of nitro groups is 2. The van der Waals surface area contributed by atoms with Crippen LogP contribution in [0.2, 0.25) is 0 Å². The molecule has 0 fully saturated rings. The number of hydrogen-bond acceptors (Lipinski definition) is 5. The van der Waals surface area contributed by atoms with Gasteiger partial charge in [-0.25, -0.2) is 0 Å². The van der Waals surface area contributed by atoms with E-state index in [1.807, 2.05) is 0 Å². The van der Waals surface area contributed by atoms with Crippen LogP contribution in [0.25, 0.3) is 0 Å². The molecule has 15 heteroatoms. The van der Waals surface area contributed by atoms with Crippen molar-refractivity contribution in [3.63, 3.8) is 0 Å². The van der Waals surface area contributed by atoms with E-state index in [1.165, 1.54) is 0 Å². The van der Waals surface area contributed by atoms with Crippen LogP contribution in [-0.2, 0) is 0 Å². The SMILES string of the molecule is O=[N+]([O-])c1c(F)c(F)c(Oc2c(F)c(F)c([N+](=O)[O-])c(F)c2F)c(F)c1F. The Balaban J connectivity index is 2.76. The van der Waals surface area contributed by atoms with Crippen molar-refractivity contribution in [2.75, 3.05) is 0 Å². The average molecular weight is 404 g/mol. The number of hydrogen-bond donors (Lipinski definition) is 0. The van der Waals surface area contributed by atoms with Gasteiger partial charge in [0.2, 0.25) is 58.0 Å². The highest BCUT2D eigenvalue weighted by molar-refractivity contribution is 5.47. The van der Waals surface area contributed by atoms with Gasteiger partial charge in [0.15, 0.2) is 0 Å². The Morgan fingerprint density at radius 1 is 0.519 bits per heavy atom. The van der Waals surface area contributed by atoms with Gasteiger partial charge in [-0.3, -0.25) is 20.2 Å². The van der Waals surface area contributed by atoms with Crippen molar-refractivity contribution in [2.45, 2.75) is 0 Å². The lowest BCUT2D eigenvalue weighted by atomic mass is 10.2. The maximum atomic E-state index is 13.7. The highest BCUT2D eigenvalue weighted by Gasteiger charge is 2.38. The van der Waals surface area contributed by atoms with Crippen molar-refractivity contribution < 1.29 is 49.7 Å². The van der Waals surface area contributed by atoms with Crippen LogP contribution >= 0.6 is 0 Å². The van der Waals surface area contributed by atoms with Crippen LogP contribution in [0, 0.1) is 66.8 Å². The number of nitro benzene ring substituents is 2. The molecule has 0 aliphatic heterocycles. The van der Waals surface area contributed by atoms with Crippen LogP contribution in [0.15, 0.2) is 0 Å². The van der Waals surface area contributed by atoms with Gasteiger partial charge in [-0.2, -0.15) is 35.1 Å². The summed E-state index contributed by atoms with van der Waals surface area (Å²) >= 11 is 0. The van der Waals surface area contributed by atoms with E-state index in [0.717, 1.165) is 0 Å². The molecular formula is C12F8N2O5. The van der Waals surface area contributed by atoms with E-state index in [2.05, 4.69) is 4.74 Å². The Bertz CT molecular complexity index is 875. The predicted molar refractivity (Wildman–Crippen MR) is 65.9 cm³/mol. The van der Waals surface area contributed by atoms with Gasteiger partial charge in [0.25, 0.3) is 0 Å². The van der Waals surface area contributed by atoms with E-state index in [-0.39, 0.29) is 0 Å². The number of ether oxygens (including phenoxy) is 1. The van der Waals surface area contributed by atoms with Crippen LogP contribution in [0.1, 0.15) is 0 Å². The molecule has 2 aromatic carbocycles. The minimum Gasteiger partial charge on any atom is -0.444 e. The zero-order chi connectivity index (χ0) is 20.8. The molecule has 27 heavy (non-hydrogen) atoms. The highest BCUT2D eigenvalue weighted by atomic mass is 19.2. The number of halogens is 8. The second kappa shape index (κ2) is 6.65. The largest absolute Gasteiger partial charge is 0.444 e. The first-order valence-corrected chi connectivity index (χ1v) is 6.10. The molecule has 2 rings (SSSR count). The van der Waals surface area contributed by atoms with Gasteiger partial charge in [0, 0.05) is 0 Å². The maximum Gasteiger partial charge on any atom is 0.346 e. The molecule has 144 valence electrons. The van der Waals surface area contributed by atoms with Gasteiger partial charge in [-0.1, -0.05) is 0 Å². The standard InChI is InChI=1S/C12F8N2O5/c13-1-5(17)11(6(18)2(14)9(1)21(23)24)27-12-7(19)3(15)10(22(25)26)4(16)8(12)20. The molecule has 0 aliphatic carbocycles. The van der Waals surface area contributed by atoms with E-state index in [4.69, 9.17) is 0 Å². The molecular weight excluding hydrogens is 404 g/mol. The molecule has 0 saturated heterocycles. The van der Waals surface area contributed by atoms with Crippen molar-refractivity contribution >= 4 is 11.4 Å². The van der Waals surface area contributed by atoms with Crippen molar-refractivity contribution in [1.82, 2.24) is 0 Å². The third-order valence-corrected chi connectivity index (χ3v) is 2.97. The number of nitrogens with zero attached hydrogens (tertiary/aromatic N) is 2. The normalized spacial score (nSPS) is 10.8. The number of benzene rings is 2. The molecule has 0 heterocycles. The van der Waals surface area contributed by atoms with Crippen LogP contribution < -0.4 is 4.74 Å². The van der Waals surface area contributed by atoms with Gasteiger partial charge in [-0.05, 0) is 0 Å². The van der Waals surface area contributed by atoms with Crippen LogP contribution in [0.5, 0.6) is 11.5 Å². The quantitative estimate of drug-likeness (QED) is 0.326. The Kier molecular flexibility index (Phi) is 4.88. The lowest BCUT2D eigenvalue weighted by molar-refractivity contribution is -0.390. The summed E-state index contributed by atoms with van der Waals surface area (Å²) in [4.78, 5) is 17.0. The lowest BCUT2D eigenvalue weighted by Gasteiger charge is -2.12. The minimum atomic E-state index is -2.67. The fourth-order valence-corrected chi connectivity index (χ4v) is 1.80. The van der Waals surface area contributed by atoms with E-state index in [9.17, 15) is 55.4 Å². The maximum absolute atomic E-state index is 13.7. The second-order valence-corrected chi connectivity index (χ2v) is 4.48. The smallest absolute Gasteiger partial charge is 0.346 e. The fraction of sp³-hybridized carbons (Fsp3) is 0. The van der Waals surface area contributed by atoms with Crippen molar-refractivity contribution in [3.05, 3.63) is 66.8 Å². The number of rotatable bonds is 4. The van der Waals surface area contributed by atoms with Crippen LogP contribution in [0.4, 0.5) is 46.5 Å². The summed E-state index contributed by atoms with van der Waals surface area (Å²) in [5, 5.41) is 20.8. The summed E-state index contributed by atoms with van der Waals surface area (Å²) in [6.07, 6.45) is 0. The van der Waals surface area contributed by atoms with E-state index in [0.29, 0.717) is 0 Å². The molecule has 7 nitrogen and oxygen atoms in total. The first kappa shape index (κ1) is 19.8. The molecule has 0 aromatic heterocycles. The predicted octanol–water partition coefficient (Wildman–Crippen LogP) is 4.41. The third kappa shape index (κ3) is 2.96. The summed E-state index contributed by atoms with van der Waals surface area (Å²) in [7, 11) is 0. The topological polar surface area (TPSA) is 95.5 Å². The average Bonchev–Trinajstić information content (AvgIpc) is 2.57. The first-order valence-electron chi connectivity index (χ1n) is 6.10. The molecule has 0 atom stereocenters. The fourth-order valence-electron chi connectivity index (χ4n) is 1.80. The van der Waals surface area contributed by atoms with Gasteiger partial charge in [0.1, 0.15) is 0 Å². The molecule has 0 spiro atoms. The van der Waals surface area contributed by atoms with Gasteiger partial charge in [0.05, 0.1) is 9.85 Å². The Morgan fingerprint density at radius 3 is 0.926 bits per heavy atom. The van der Waals surface area contributed by atoms with Crippen LogP contribution in [0.3, 0.4) is 0 Å². The van der Waals surface area contributed by atoms with Crippen molar-refractivity contribution in [2.24, 2.45) is 0 Å². The molecule has 0 radical (unpaired) electrons. The van der Waals surface area contributed by atoms with Crippen LogP contribution in [-0.4, -0.2) is 9.85 Å². The molecule has 0 bridgehead atoms. The molecule has 0 amide bonds. The van der Waals surface area contributed by atoms with Crippen molar-refractivity contribution in [3.8, 4) is 11.5 Å². The Hall–Kier alpha value is -3.52. The van der Waals surface area contributed by atoms with E-state index >= 15 is 0 Å². The van der Waals surface area contributed by atoms with Crippen molar-refractivity contribution in [1.29, 1.82) is 0 Å². The Morgan fingerprint density at radius 2 is 0.741 bits per heavy atom. The monoisotopic (exact) mass is 404 g/mol. The molecule has 0 unspecified atom stereocenters. The highest BCUT2D eigenvalue weighted by Crippen LogP contribution is 2.40. The van der Waals surface area contributed by atoms with E-state index < -0.39 is 79.3 Å². The lowest BCUT2D eigenvalue weighted by Crippen LogP contribution is -2.09. The first-order chi connectivity index (χ1) is 12.4.